The number of Topliss-reactive ketones (excluding diaryl/α,β-unsaturated/α-hetero) is 1. The van der Waals surface area contributed by atoms with Gasteiger partial charge in [0.15, 0.2) is 5.78 Å². The highest BCUT2D eigenvalue weighted by Crippen LogP contribution is 2.24. The molecule has 5 heteroatoms. The molecule has 0 atom stereocenters. The quantitative estimate of drug-likeness (QED) is 0.419. The van der Waals surface area contributed by atoms with E-state index >= 15 is 0 Å². The molecule has 0 amide bonds. The van der Waals surface area contributed by atoms with Gasteiger partial charge in [-0.1, -0.05) is 0 Å². The highest BCUT2D eigenvalue weighted by molar-refractivity contribution is 5.97. The molecule has 0 heterocycles. The molecule has 1 rings (SSSR count). The standard InChI is InChI=1S/C9H9NO4/c1-6(11)8-4-3-7(10(12)13)5-9(8)14-2/h3-5H,1-2H3. The van der Waals surface area contributed by atoms with Gasteiger partial charge in [0.05, 0.1) is 23.7 Å². The Kier molecular flexibility index (Phi) is 2.81. The van der Waals surface area contributed by atoms with E-state index in [1.165, 1.54) is 32.2 Å². The van der Waals surface area contributed by atoms with E-state index in [0.717, 1.165) is 0 Å². The summed E-state index contributed by atoms with van der Waals surface area (Å²) in [6, 6.07) is 3.90. The fourth-order valence-corrected chi connectivity index (χ4v) is 1.08. The zero-order valence-electron chi connectivity index (χ0n) is 7.81. The number of carbonyl (C=O) groups is 1. The molecule has 14 heavy (non-hydrogen) atoms. The third-order valence-electron chi connectivity index (χ3n) is 1.78. The molecule has 0 unspecified atom stereocenters. The second-order valence-corrected chi connectivity index (χ2v) is 2.70. The Hall–Kier alpha value is -1.91. The fraction of sp³-hybridized carbons (Fsp3) is 0.222. The number of methoxy groups -OCH3 is 1. The van der Waals surface area contributed by atoms with Gasteiger partial charge >= 0.3 is 0 Å². The Morgan fingerprint density at radius 3 is 2.57 bits per heavy atom. The maximum Gasteiger partial charge on any atom is 0.273 e. The second-order valence-electron chi connectivity index (χ2n) is 2.70. The van der Waals surface area contributed by atoms with Gasteiger partial charge in [0, 0.05) is 6.07 Å². The highest BCUT2D eigenvalue weighted by Gasteiger charge is 2.13. The molecule has 1 aromatic carbocycles. The minimum Gasteiger partial charge on any atom is -0.496 e. The molecule has 0 aliphatic heterocycles. The molecule has 0 aliphatic rings. The molecule has 0 saturated carbocycles. The summed E-state index contributed by atoms with van der Waals surface area (Å²) in [5.74, 6) is 0.0449. The van der Waals surface area contributed by atoms with Crippen LogP contribution in [0.3, 0.4) is 0 Å². The number of nitrogens with zero attached hydrogens (tertiary/aromatic N) is 1. The minimum atomic E-state index is -0.535. The third-order valence-corrected chi connectivity index (χ3v) is 1.78. The van der Waals surface area contributed by atoms with Crippen LogP contribution in [0.15, 0.2) is 18.2 Å². The zero-order chi connectivity index (χ0) is 10.7. The summed E-state index contributed by atoms with van der Waals surface area (Å²) in [5.41, 5.74) is 0.255. The summed E-state index contributed by atoms with van der Waals surface area (Å²) in [4.78, 5) is 20.9. The largest absolute Gasteiger partial charge is 0.496 e. The molecular formula is C9H9NO4. The second kappa shape index (κ2) is 3.87. The Morgan fingerprint density at radius 2 is 2.14 bits per heavy atom. The van der Waals surface area contributed by atoms with E-state index in [2.05, 4.69) is 0 Å². The number of ether oxygens (including phenoxy) is 1. The first kappa shape index (κ1) is 10.2. The van der Waals surface area contributed by atoms with E-state index < -0.39 is 4.92 Å². The lowest BCUT2D eigenvalue weighted by Crippen LogP contribution is -1.98. The lowest BCUT2D eigenvalue weighted by molar-refractivity contribution is -0.384. The predicted octanol–water partition coefficient (Wildman–Crippen LogP) is 1.81. The van der Waals surface area contributed by atoms with E-state index in [4.69, 9.17) is 4.74 Å². The summed E-state index contributed by atoms with van der Waals surface area (Å²) < 4.78 is 4.87. The van der Waals surface area contributed by atoms with E-state index in [9.17, 15) is 14.9 Å². The van der Waals surface area contributed by atoms with E-state index in [1.807, 2.05) is 0 Å². The van der Waals surface area contributed by atoms with Crippen molar-refractivity contribution < 1.29 is 14.5 Å². The number of rotatable bonds is 3. The van der Waals surface area contributed by atoms with Crippen molar-refractivity contribution in [1.29, 1.82) is 0 Å². The average molecular weight is 195 g/mol. The first-order valence-electron chi connectivity index (χ1n) is 3.89. The van der Waals surface area contributed by atoms with Gasteiger partial charge in [0.25, 0.3) is 5.69 Å². The normalized spacial score (nSPS) is 9.57. The van der Waals surface area contributed by atoms with Gasteiger partial charge in [-0.2, -0.15) is 0 Å². The maximum atomic E-state index is 11.1. The van der Waals surface area contributed by atoms with Crippen molar-refractivity contribution in [3.05, 3.63) is 33.9 Å². The van der Waals surface area contributed by atoms with Crippen LogP contribution in [0.2, 0.25) is 0 Å². The smallest absolute Gasteiger partial charge is 0.273 e. The fourth-order valence-electron chi connectivity index (χ4n) is 1.08. The number of carbonyl (C=O) groups excluding carboxylic acids is 1. The lowest BCUT2D eigenvalue weighted by Gasteiger charge is -2.04. The van der Waals surface area contributed by atoms with Gasteiger partial charge in [-0.15, -0.1) is 0 Å². The van der Waals surface area contributed by atoms with Crippen LogP contribution in [0.25, 0.3) is 0 Å². The summed E-state index contributed by atoms with van der Waals surface area (Å²) in [7, 11) is 1.37. The predicted molar refractivity (Wildman–Crippen MR) is 49.7 cm³/mol. The summed E-state index contributed by atoms with van der Waals surface area (Å²) in [6.07, 6.45) is 0. The van der Waals surface area contributed by atoms with Crippen LogP contribution in [0.5, 0.6) is 5.75 Å². The van der Waals surface area contributed by atoms with Gasteiger partial charge < -0.3 is 4.74 Å². The number of non-ortho nitro benzene ring substituents is 1. The molecule has 0 saturated heterocycles. The first-order valence-corrected chi connectivity index (χ1v) is 3.89. The van der Waals surface area contributed by atoms with Crippen LogP contribution in [-0.4, -0.2) is 17.8 Å². The molecule has 0 aliphatic carbocycles. The van der Waals surface area contributed by atoms with Gasteiger partial charge in [0.2, 0.25) is 0 Å². The Labute approximate surface area is 80.5 Å². The summed E-state index contributed by atoms with van der Waals surface area (Å²) in [5, 5.41) is 10.4. The third kappa shape index (κ3) is 1.87. The topological polar surface area (TPSA) is 69.4 Å². The van der Waals surface area contributed by atoms with Gasteiger partial charge in [-0.05, 0) is 13.0 Å². The number of nitro benzene ring substituents is 1. The Bertz CT molecular complexity index is 386. The van der Waals surface area contributed by atoms with E-state index in [-0.39, 0.29) is 17.2 Å². The Morgan fingerprint density at radius 1 is 1.50 bits per heavy atom. The van der Waals surface area contributed by atoms with Gasteiger partial charge in [0.1, 0.15) is 5.75 Å². The van der Waals surface area contributed by atoms with Crippen molar-refractivity contribution in [3.63, 3.8) is 0 Å². The molecule has 0 spiro atoms. The average Bonchev–Trinajstić information content (AvgIpc) is 2.16. The molecule has 0 aromatic heterocycles. The number of benzene rings is 1. The minimum absolute atomic E-state index is 0.0909. The molecule has 74 valence electrons. The molecule has 5 nitrogen and oxygen atoms in total. The summed E-state index contributed by atoms with van der Waals surface area (Å²) >= 11 is 0. The molecular weight excluding hydrogens is 186 g/mol. The number of hydrogen-bond acceptors (Lipinski definition) is 4. The number of hydrogen-bond donors (Lipinski definition) is 0. The molecule has 0 N–H and O–H groups in total. The molecule has 1 aromatic rings. The van der Waals surface area contributed by atoms with Crippen LogP contribution in [0, 0.1) is 10.1 Å². The van der Waals surface area contributed by atoms with Crippen molar-refractivity contribution >= 4 is 11.5 Å². The van der Waals surface area contributed by atoms with Crippen LogP contribution in [-0.2, 0) is 0 Å². The van der Waals surface area contributed by atoms with Crippen molar-refractivity contribution in [1.82, 2.24) is 0 Å². The number of nitro groups is 1. The van der Waals surface area contributed by atoms with Gasteiger partial charge in [-0.3, -0.25) is 14.9 Å². The molecule has 0 radical (unpaired) electrons. The SMILES string of the molecule is COc1cc([N+](=O)[O-])ccc1C(C)=O. The molecule has 0 bridgehead atoms. The Balaban J connectivity index is 3.25. The van der Waals surface area contributed by atoms with Crippen LogP contribution >= 0.6 is 0 Å². The molecule has 0 fully saturated rings. The van der Waals surface area contributed by atoms with Crippen LogP contribution < -0.4 is 4.74 Å². The zero-order valence-corrected chi connectivity index (χ0v) is 7.81. The van der Waals surface area contributed by atoms with E-state index in [0.29, 0.717) is 5.56 Å². The van der Waals surface area contributed by atoms with Crippen LogP contribution in [0.4, 0.5) is 5.69 Å². The van der Waals surface area contributed by atoms with Crippen molar-refractivity contribution in [2.45, 2.75) is 6.92 Å². The lowest BCUT2D eigenvalue weighted by atomic mass is 10.1. The van der Waals surface area contributed by atoms with Crippen molar-refractivity contribution in [2.24, 2.45) is 0 Å². The summed E-state index contributed by atoms with van der Waals surface area (Å²) in [6.45, 7) is 1.38. The highest BCUT2D eigenvalue weighted by atomic mass is 16.6. The maximum absolute atomic E-state index is 11.1. The number of ketones is 1. The first-order chi connectivity index (χ1) is 6.56. The van der Waals surface area contributed by atoms with Crippen molar-refractivity contribution in [2.75, 3.05) is 7.11 Å². The van der Waals surface area contributed by atoms with Crippen molar-refractivity contribution in [3.8, 4) is 5.75 Å². The monoisotopic (exact) mass is 195 g/mol. The van der Waals surface area contributed by atoms with Gasteiger partial charge in [-0.25, -0.2) is 0 Å². The van der Waals surface area contributed by atoms with Crippen LogP contribution in [0.1, 0.15) is 17.3 Å². The van der Waals surface area contributed by atoms with E-state index in [1.54, 1.807) is 0 Å².